The highest BCUT2D eigenvalue weighted by atomic mass is 16.6. The first kappa shape index (κ1) is 17.1. The van der Waals surface area contributed by atoms with E-state index in [1.807, 2.05) is 34.6 Å². The zero-order valence-electron chi connectivity index (χ0n) is 12.3. The van der Waals surface area contributed by atoms with Gasteiger partial charge in [-0.05, 0) is 25.2 Å². The monoisotopic (exact) mass is 258 g/mol. The lowest BCUT2D eigenvalue weighted by Gasteiger charge is -2.40. The van der Waals surface area contributed by atoms with Gasteiger partial charge >= 0.3 is 11.9 Å². The van der Waals surface area contributed by atoms with E-state index < -0.39 is 23.5 Å². The number of aliphatic hydroxyl groups excluding tert-OH is 1. The van der Waals surface area contributed by atoms with Crippen molar-refractivity contribution in [3.8, 4) is 0 Å². The van der Waals surface area contributed by atoms with E-state index in [9.17, 15) is 14.7 Å². The third kappa shape index (κ3) is 3.31. The van der Waals surface area contributed by atoms with E-state index >= 15 is 0 Å². The van der Waals surface area contributed by atoms with Crippen LogP contribution in [0.1, 0.15) is 54.4 Å². The number of hydrogen-bond acceptors (Lipinski definition) is 4. The minimum Gasteiger partial charge on any atom is -0.393 e. The first-order chi connectivity index (χ1) is 8.21. The van der Waals surface area contributed by atoms with Crippen molar-refractivity contribution in [1.82, 2.24) is 0 Å². The van der Waals surface area contributed by atoms with Gasteiger partial charge in [-0.3, -0.25) is 9.59 Å². The molecule has 0 amide bonds. The Morgan fingerprint density at radius 2 is 1.56 bits per heavy atom. The Balaban J connectivity index is 5.20. The van der Waals surface area contributed by atoms with Gasteiger partial charge in [0.25, 0.3) is 0 Å². The van der Waals surface area contributed by atoms with Crippen molar-refractivity contribution in [3.63, 3.8) is 0 Å². The number of carbonyl (C=O) groups is 2. The SMILES string of the molecule is CCCC(=O)OC(=O)C(C(C)C)(C(C)C)C(C)O. The maximum Gasteiger partial charge on any atom is 0.322 e. The number of carbonyl (C=O) groups excluding carboxylic acids is 2. The van der Waals surface area contributed by atoms with Crippen LogP contribution in [0, 0.1) is 17.3 Å². The summed E-state index contributed by atoms with van der Waals surface area (Å²) < 4.78 is 4.90. The van der Waals surface area contributed by atoms with Gasteiger partial charge in [0.1, 0.15) is 0 Å². The van der Waals surface area contributed by atoms with Crippen LogP contribution < -0.4 is 0 Å². The molecule has 0 heterocycles. The molecule has 4 heteroatoms. The Hall–Kier alpha value is -0.900. The maximum absolute atomic E-state index is 12.3. The summed E-state index contributed by atoms with van der Waals surface area (Å²) in [6.45, 7) is 10.9. The molecule has 0 aliphatic carbocycles. The van der Waals surface area contributed by atoms with E-state index in [1.165, 1.54) is 0 Å². The quantitative estimate of drug-likeness (QED) is 0.587. The lowest BCUT2D eigenvalue weighted by atomic mass is 9.65. The van der Waals surface area contributed by atoms with Crippen molar-refractivity contribution in [1.29, 1.82) is 0 Å². The van der Waals surface area contributed by atoms with Gasteiger partial charge in [-0.15, -0.1) is 0 Å². The van der Waals surface area contributed by atoms with Crippen LogP contribution in [-0.2, 0) is 14.3 Å². The Morgan fingerprint density at radius 3 is 1.83 bits per heavy atom. The predicted octanol–water partition coefficient (Wildman–Crippen LogP) is 2.54. The average Bonchev–Trinajstić information content (AvgIpc) is 2.15. The highest BCUT2D eigenvalue weighted by Gasteiger charge is 2.50. The summed E-state index contributed by atoms with van der Waals surface area (Å²) in [5.74, 6) is -1.35. The van der Waals surface area contributed by atoms with Crippen LogP contribution >= 0.6 is 0 Å². The summed E-state index contributed by atoms with van der Waals surface area (Å²) in [6, 6.07) is 0. The van der Waals surface area contributed by atoms with Crippen molar-refractivity contribution in [2.75, 3.05) is 0 Å². The van der Waals surface area contributed by atoms with E-state index in [0.717, 1.165) is 0 Å². The number of ether oxygens (including phenoxy) is 1. The van der Waals surface area contributed by atoms with Crippen molar-refractivity contribution >= 4 is 11.9 Å². The maximum atomic E-state index is 12.3. The Morgan fingerprint density at radius 1 is 1.11 bits per heavy atom. The van der Waals surface area contributed by atoms with Gasteiger partial charge < -0.3 is 9.84 Å². The van der Waals surface area contributed by atoms with Crippen molar-refractivity contribution < 1.29 is 19.4 Å². The molecule has 18 heavy (non-hydrogen) atoms. The van der Waals surface area contributed by atoms with Crippen molar-refractivity contribution in [2.24, 2.45) is 17.3 Å². The second kappa shape index (κ2) is 6.88. The molecule has 0 aromatic rings. The van der Waals surface area contributed by atoms with Crippen LogP contribution in [0.15, 0.2) is 0 Å². The van der Waals surface area contributed by atoms with Gasteiger partial charge in [-0.2, -0.15) is 0 Å². The fourth-order valence-corrected chi connectivity index (χ4v) is 2.72. The summed E-state index contributed by atoms with van der Waals surface area (Å²) in [6.07, 6.45) is -0.00552. The minimum atomic E-state index is -1.04. The summed E-state index contributed by atoms with van der Waals surface area (Å²) >= 11 is 0. The largest absolute Gasteiger partial charge is 0.393 e. The normalized spacial score (nSPS) is 13.8. The summed E-state index contributed by atoms with van der Waals surface area (Å²) in [4.78, 5) is 23.7. The van der Waals surface area contributed by atoms with Crippen LogP contribution in [0.25, 0.3) is 0 Å². The average molecular weight is 258 g/mol. The number of aliphatic hydroxyl groups is 1. The van der Waals surface area contributed by atoms with E-state index in [2.05, 4.69) is 0 Å². The smallest absolute Gasteiger partial charge is 0.322 e. The van der Waals surface area contributed by atoms with E-state index in [4.69, 9.17) is 4.74 Å². The number of rotatable bonds is 6. The molecule has 1 atom stereocenters. The molecule has 1 N–H and O–H groups in total. The number of esters is 2. The molecule has 0 fully saturated rings. The first-order valence-electron chi connectivity index (χ1n) is 6.64. The Bertz CT molecular complexity index is 270. The zero-order chi connectivity index (χ0) is 14.5. The molecule has 0 aromatic carbocycles. The first-order valence-corrected chi connectivity index (χ1v) is 6.64. The molecule has 0 aliphatic rings. The number of hydrogen-bond donors (Lipinski definition) is 1. The standard InChI is InChI=1S/C14H26O4/c1-7-8-12(16)18-13(17)14(9(2)3,10(4)5)11(6)15/h9-11,15H,7-8H2,1-6H3. The second-order valence-corrected chi connectivity index (χ2v) is 5.43. The van der Waals surface area contributed by atoms with Crippen LogP contribution in [-0.4, -0.2) is 23.1 Å². The van der Waals surface area contributed by atoms with E-state index in [1.54, 1.807) is 6.92 Å². The van der Waals surface area contributed by atoms with Gasteiger partial charge in [0, 0.05) is 6.42 Å². The van der Waals surface area contributed by atoms with Crippen molar-refractivity contribution in [3.05, 3.63) is 0 Å². The minimum absolute atomic E-state index is 0.112. The molecular formula is C14H26O4. The zero-order valence-corrected chi connectivity index (χ0v) is 12.3. The molecule has 1 unspecified atom stereocenters. The second-order valence-electron chi connectivity index (χ2n) is 5.43. The molecule has 0 saturated heterocycles. The lowest BCUT2D eigenvalue weighted by Crippen LogP contribution is -2.50. The topological polar surface area (TPSA) is 63.6 Å². The molecule has 4 nitrogen and oxygen atoms in total. The molecule has 0 spiro atoms. The Labute approximate surface area is 110 Å². The van der Waals surface area contributed by atoms with Gasteiger partial charge in [-0.25, -0.2) is 0 Å². The van der Waals surface area contributed by atoms with E-state index in [0.29, 0.717) is 6.42 Å². The van der Waals surface area contributed by atoms with E-state index in [-0.39, 0.29) is 18.3 Å². The molecule has 0 rings (SSSR count). The summed E-state index contributed by atoms with van der Waals surface area (Å²) in [5.41, 5.74) is -1.04. The third-order valence-corrected chi connectivity index (χ3v) is 3.62. The lowest BCUT2D eigenvalue weighted by molar-refractivity contribution is -0.179. The highest BCUT2D eigenvalue weighted by Crippen LogP contribution is 2.40. The van der Waals surface area contributed by atoms with Crippen LogP contribution in [0.2, 0.25) is 0 Å². The predicted molar refractivity (Wildman–Crippen MR) is 69.8 cm³/mol. The van der Waals surface area contributed by atoms with Crippen molar-refractivity contribution in [2.45, 2.75) is 60.5 Å². The van der Waals surface area contributed by atoms with Gasteiger partial charge in [0.2, 0.25) is 0 Å². The molecule has 0 bridgehead atoms. The molecule has 0 aliphatic heterocycles. The van der Waals surface area contributed by atoms with Gasteiger partial charge in [-0.1, -0.05) is 34.6 Å². The van der Waals surface area contributed by atoms with Gasteiger partial charge in [0.05, 0.1) is 11.5 Å². The summed E-state index contributed by atoms with van der Waals surface area (Å²) in [7, 11) is 0. The van der Waals surface area contributed by atoms with Gasteiger partial charge in [0.15, 0.2) is 0 Å². The van der Waals surface area contributed by atoms with Crippen LogP contribution in [0.3, 0.4) is 0 Å². The fourth-order valence-electron chi connectivity index (χ4n) is 2.72. The third-order valence-electron chi connectivity index (χ3n) is 3.62. The molecular weight excluding hydrogens is 232 g/mol. The molecule has 106 valence electrons. The molecule has 0 radical (unpaired) electrons. The Kier molecular flexibility index (Phi) is 6.54. The molecule has 0 saturated carbocycles. The highest BCUT2D eigenvalue weighted by molar-refractivity contribution is 5.89. The molecule has 0 aromatic heterocycles. The van der Waals surface area contributed by atoms with Crippen LogP contribution in [0.4, 0.5) is 0 Å². The van der Waals surface area contributed by atoms with Crippen LogP contribution in [0.5, 0.6) is 0 Å². The fraction of sp³-hybridized carbons (Fsp3) is 0.857. The summed E-state index contributed by atoms with van der Waals surface area (Å²) in [5, 5.41) is 10.0.